The summed E-state index contributed by atoms with van der Waals surface area (Å²) < 4.78 is 41.0. The summed E-state index contributed by atoms with van der Waals surface area (Å²) in [4.78, 5) is 0.125. The molecule has 8 heteroatoms. The molecule has 0 bridgehead atoms. The van der Waals surface area contributed by atoms with E-state index in [-0.39, 0.29) is 36.5 Å². The second-order valence-corrected chi connectivity index (χ2v) is 7.79. The lowest BCUT2D eigenvalue weighted by atomic mass is 9.87. The average Bonchev–Trinajstić information content (AvgIpc) is 2.61. The van der Waals surface area contributed by atoms with Crippen LogP contribution in [-0.4, -0.2) is 45.8 Å². The SMILES string of the molecule is CCC1(COS(=O)(=O)c2ccccc2)COC(CCl)(CCl)OC1. The van der Waals surface area contributed by atoms with Gasteiger partial charge in [-0.25, -0.2) is 0 Å². The molecular weight excluding hydrogens is 363 g/mol. The third kappa shape index (κ3) is 4.38. The molecule has 2 rings (SSSR count). The molecule has 0 radical (unpaired) electrons. The van der Waals surface area contributed by atoms with Crippen LogP contribution in [-0.2, 0) is 23.8 Å². The Kier molecular flexibility index (Phi) is 6.33. The molecule has 0 amide bonds. The predicted octanol–water partition coefficient (Wildman–Crippen LogP) is 3.01. The van der Waals surface area contributed by atoms with Crippen LogP contribution in [0, 0.1) is 5.41 Å². The van der Waals surface area contributed by atoms with Gasteiger partial charge in [-0.15, -0.1) is 23.2 Å². The molecule has 0 unspecified atom stereocenters. The van der Waals surface area contributed by atoms with Gasteiger partial charge in [-0.05, 0) is 18.6 Å². The molecule has 1 fully saturated rings. The summed E-state index contributed by atoms with van der Waals surface area (Å²) >= 11 is 11.7. The number of benzene rings is 1. The fourth-order valence-corrected chi connectivity index (χ4v) is 3.72. The minimum absolute atomic E-state index is 0.0264. The summed E-state index contributed by atoms with van der Waals surface area (Å²) in [5.41, 5.74) is -0.552. The molecule has 0 aromatic heterocycles. The van der Waals surface area contributed by atoms with Crippen molar-refractivity contribution in [1.29, 1.82) is 0 Å². The van der Waals surface area contributed by atoms with Gasteiger partial charge in [-0.2, -0.15) is 8.42 Å². The molecule has 0 spiro atoms. The first-order chi connectivity index (χ1) is 10.9. The summed E-state index contributed by atoms with van der Waals surface area (Å²) in [5, 5.41) is 0. The van der Waals surface area contributed by atoms with Gasteiger partial charge < -0.3 is 9.47 Å². The average molecular weight is 383 g/mol. The second-order valence-electron chi connectivity index (χ2n) is 5.64. The van der Waals surface area contributed by atoms with Crippen molar-refractivity contribution in [3.8, 4) is 0 Å². The Morgan fingerprint density at radius 3 is 2.17 bits per heavy atom. The van der Waals surface area contributed by atoms with Gasteiger partial charge in [0.25, 0.3) is 10.1 Å². The van der Waals surface area contributed by atoms with Gasteiger partial charge in [0.2, 0.25) is 0 Å². The van der Waals surface area contributed by atoms with E-state index in [0.29, 0.717) is 6.42 Å². The Morgan fingerprint density at radius 1 is 1.13 bits per heavy atom. The summed E-state index contributed by atoms with van der Waals surface area (Å²) in [6, 6.07) is 8.02. The van der Waals surface area contributed by atoms with Crippen molar-refractivity contribution in [1.82, 2.24) is 0 Å². The number of hydrogen-bond acceptors (Lipinski definition) is 5. The third-order valence-corrected chi connectivity index (χ3v) is 6.08. The minimum atomic E-state index is -3.81. The lowest BCUT2D eigenvalue weighted by molar-refractivity contribution is -0.285. The summed E-state index contributed by atoms with van der Waals surface area (Å²) in [6.07, 6.45) is 0.637. The van der Waals surface area contributed by atoms with Crippen molar-refractivity contribution in [2.45, 2.75) is 24.0 Å². The van der Waals surface area contributed by atoms with Crippen molar-refractivity contribution >= 4 is 33.3 Å². The van der Waals surface area contributed by atoms with E-state index < -0.39 is 21.3 Å². The van der Waals surface area contributed by atoms with Crippen molar-refractivity contribution in [3.05, 3.63) is 30.3 Å². The van der Waals surface area contributed by atoms with Crippen LogP contribution < -0.4 is 0 Å². The van der Waals surface area contributed by atoms with Gasteiger partial charge in [0.15, 0.2) is 5.79 Å². The van der Waals surface area contributed by atoms with Crippen molar-refractivity contribution in [2.75, 3.05) is 31.6 Å². The van der Waals surface area contributed by atoms with Crippen molar-refractivity contribution in [3.63, 3.8) is 0 Å². The Hall–Kier alpha value is -0.370. The fraction of sp³-hybridized carbons (Fsp3) is 0.600. The van der Waals surface area contributed by atoms with Crippen LogP contribution in [0.25, 0.3) is 0 Å². The van der Waals surface area contributed by atoms with Crippen molar-refractivity contribution in [2.24, 2.45) is 5.41 Å². The third-order valence-electron chi connectivity index (χ3n) is 3.99. The van der Waals surface area contributed by atoms with E-state index in [1.165, 1.54) is 12.1 Å². The molecule has 1 aromatic rings. The van der Waals surface area contributed by atoms with Crippen LogP contribution in [0.3, 0.4) is 0 Å². The van der Waals surface area contributed by atoms with E-state index in [9.17, 15) is 8.42 Å². The van der Waals surface area contributed by atoms with Gasteiger partial charge in [0.1, 0.15) is 0 Å². The molecule has 0 saturated carbocycles. The van der Waals surface area contributed by atoms with Gasteiger partial charge in [0.05, 0.1) is 36.5 Å². The van der Waals surface area contributed by atoms with E-state index >= 15 is 0 Å². The summed E-state index contributed by atoms with van der Waals surface area (Å²) in [5.74, 6) is -0.793. The van der Waals surface area contributed by atoms with Gasteiger partial charge >= 0.3 is 0 Å². The molecule has 5 nitrogen and oxygen atoms in total. The zero-order valence-electron chi connectivity index (χ0n) is 12.8. The van der Waals surface area contributed by atoms with Gasteiger partial charge in [0, 0.05) is 5.41 Å². The van der Waals surface area contributed by atoms with E-state index in [1.54, 1.807) is 18.2 Å². The molecular formula is C15H20Cl2O5S. The Labute approximate surface area is 146 Å². The molecule has 0 aliphatic carbocycles. The number of rotatable bonds is 7. The van der Waals surface area contributed by atoms with Crippen LogP contribution in [0.15, 0.2) is 35.2 Å². The monoisotopic (exact) mass is 382 g/mol. The summed E-state index contributed by atoms with van der Waals surface area (Å²) in [6.45, 7) is 2.45. The molecule has 1 aliphatic heterocycles. The van der Waals surface area contributed by atoms with Crippen LogP contribution in [0.1, 0.15) is 13.3 Å². The van der Waals surface area contributed by atoms with Crippen LogP contribution >= 0.6 is 23.2 Å². The molecule has 1 saturated heterocycles. The quantitative estimate of drug-likeness (QED) is 0.535. The van der Waals surface area contributed by atoms with E-state index in [4.69, 9.17) is 36.9 Å². The highest BCUT2D eigenvalue weighted by molar-refractivity contribution is 7.86. The largest absolute Gasteiger partial charge is 0.347 e. The van der Waals surface area contributed by atoms with E-state index in [1.807, 2.05) is 6.92 Å². The van der Waals surface area contributed by atoms with Crippen LogP contribution in [0.4, 0.5) is 0 Å². The maximum Gasteiger partial charge on any atom is 0.296 e. The molecule has 130 valence electrons. The van der Waals surface area contributed by atoms with Crippen LogP contribution in [0.5, 0.6) is 0 Å². The predicted molar refractivity (Wildman–Crippen MR) is 88.4 cm³/mol. The lowest BCUT2D eigenvalue weighted by Gasteiger charge is -2.44. The molecule has 0 atom stereocenters. The van der Waals surface area contributed by atoms with Gasteiger partial charge in [-0.3, -0.25) is 4.18 Å². The second kappa shape index (κ2) is 7.68. The fourth-order valence-electron chi connectivity index (χ4n) is 2.09. The van der Waals surface area contributed by atoms with E-state index in [2.05, 4.69) is 0 Å². The molecule has 1 aliphatic rings. The summed E-state index contributed by atoms with van der Waals surface area (Å²) in [7, 11) is -3.81. The van der Waals surface area contributed by atoms with E-state index in [0.717, 1.165) is 0 Å². The highest BCUT2D eigenvalue weighted by Crippen LogP contribution is 2.35. The maximum atomic E-state index is 12.2. The first-order valence-electron chi connectivity index (χ1n) is 7.25. The molecule has 1 heterocycles. The molecule has 23 heavy (non-hydrogen) atoms. The highest BCUT2D eigenvalue weighted by Gasteiger charge is 2.44. The maximum absolute atomic E-state index is 12.2. The standard InChI is InChI=1S/C15H20Cl2O5S/c1-2-14(10-20-15(8-16,9-17)21-11-14)12-22-23(18,19)13-6-4-3-5-7-13/h3-7H,2,8-12H2,1H3. The minimum Gasteiger partial charge on any atom is -0.347 e. The number of halogens is 2. The number of ether oxygens (including phenoxy) is 2. The lowest BCUT2D eigenvalue weighted by Crippen LogP contribution is -2.53. The zero-order valence-corrected chi connectivity index (χ0v) is 15.2. The first kappa shape index (κ1) is 19.0. The topological polar surface area (TPSA) is 61.8 Å². The molecule has 0 N–H and O–H groups in total. The first-order valence-corrected chi connectivity index (χ1v) is 9.73. The van der Waals surface area contributed by atoms with Crippen molar-refractivity contribution < 1.29 is 22.1 Å². The van der Waals surface area contributed by atoms with Gasteiger partial charge in [-0.1, -0.05) is 25.1 Å². The Balaban J connectivity index is 2.04. The zero-order chi connectivity index (χ0) is 17.0. The Morgan fingerprint density at radius 2 is 1.70 bits per heavy atom. The normalized spacial score (nSPS) is 20.3. The highest BCUT2D eigenvalue weighted by atomic mass is 35.5. The smallest absolute Gasteiger partial charge is 0.296 e. The van der Waals surface area contributed by atoms with Crippen LogP contribution in [0.2, 0.25) is 0 Å². The Bertz CT molecular complexity index is 592. The number of hydrogen-bond donors (Lipinski definition) is 0. The number of alkyl halides is 2. The molecule has 1 aromatic carbocycles.